The number of ether oxygens (including phenoxy) is 1. The molecular weight excluding hydrogens is 326 g/mol. The molecule has 1 aliphatic carbocycles. The van der Waals surface area contributed by atoms with Gasteiger partial charge < -0.3 is 4.74 Å². The molecule has 0 amide bonds. The molecule has 0 spiro atoms. The summed E-state index contributed by atoms with van der Waals surface area (Å²) in [5.41, 5.74) is 0.978. The van der Waals surface area contributed by atoms with Crippen LogP contribution in [0.15, 0.2) is 6.07 Å². The van der Waals surface area contributed by atoms with Gasteiger partial charge in [0.2, 0.25) is 5.82 Å². The monoisotopic (exact) mass is 360 g/mol. The minimum absolute atomic E-state index is 0. The third-order valence-electron chi connectivity index (χ3n) is 5.40. The molecule has 1 aliphatic heterocycles. The number of rotatable bonds is 3. The highest BCUT2D eigenvalue weighted by Gasteiger charge is 2.37. The molecule has 1 aromatic rings. The molecule has 1 aromatic carbocycles. The van der Waals surface area contributed by atoms with Crippen molar-refractivity contribution in [2.75, 3.05) is 0 Å². The van der Waals surface area contributed by atoms with Crippen molar-refractivity contribution in [2.24, 2.45) is 11.8 Å². The first-order chi connectivity index (χ1) is 11.0. The van der Waals surface area contributed by atoms with Gasteiger partial charge in [-0.15, -0.1) is 0 Å². The Morgan fingerprint density at radius 3 is 2.40 bits per heavy atom. The van der Waals surface area contributed by atoms with Crippen LogP contribution in [0.3, 0.4) is 0 Å². The molecule has 1 N–H and O–H groups in total. The third-order valence-corrected chi connectivity index (χ3v) is 5.40. The van der Waals surface area contributed by atoms with E-state index in [1.165, 1.54) is 0 Å². The van der Waals surface area contributed by atoms with Crippen molar-refractivity contribution in [3.63, 3.8) is 0 Å². The molecule has 1 saturated carbocycles. The van der Waals surface area contributed by atoms with Crippen molar-refractivity contribution in [1.82, 2.24) is 0 Å². The van der Waals surface area contributed by atoms with E-state index in [9.17, 15) is 14.0 Å². The zero-order valence-corrected chi connectivity index (χ0v) is 13.6. The summed E-state index contributed by atoms with van der Waals surface area (Å²) < 4.78 is 33.7. The van der Waals surface area contributed by atoms with E-state index in [1.54, 1.807) is 13.0 Å². The van der Waals surface area contributed by atoms with Gasteiger partial charge in [-0.3, -0.25) is 5.26 Å². The van der Waals surface area contributed by atoms with Crippen molar-refractivity contribution in [3.8, 4) is 5.75 Å². The van der Waals surface area contributed by atoms with Gasteiger partial charge in [-0.1, -0.05) is 34.6 Å². The molecule has 3 rings (SSSR count). The smallest absolute Gasteiger partial charge is 0.201 e. The number of halogens is 2. The summed E-state index contributed by atoms with van der Waals surface area (Å²) in [6, 6.07) is 1.64. The first kappa shape index (κ1) is 21.8. The van der Waals surface area contributed by atoms with Crippen LogP contribution in [-0.2, 0) is 11.3 Å². The minimum atomic E-state index is -0.932. The Kier molecular flexibility index (Phi) is 7.82. The molecule has 146 valence electrons. The van der Waals surface area contributed by atoms with Gasteiger partial charge in [0.15, 0.2) is 11.6 Å². The van der Waals surface area contributed by atoms with Crippen LogP contribution in [0.2, 0.25) is 0 Å². The molecular formula is C20H34F2O3. The Labute approximate surface area is 151 Å². The van der Waals surface area contributed by atoms with Gasteiger partial charge >= 0.3 is 0 Å². The quantitative estimate of drug-likeness (QED) is 0.517. The highest BCUT2D eigenvalue weighted by Crippen LogP contribution is 2.38. The number of benzene rings is 1. The second-order valence-corrected chi connectivity index (χ2v) is 7.09. The molecule has 2 atom stereocenters. The molecule has 2 aliphatic rings. The molecule has 1 fully saturated rings. The fourth-order valence-electron chi connectivity index (χ4n) is 3.93. The van der Waals surface area contributed by atoms with E-state index in [-0.39, 0.29) is 27.9 Å². The summed E-state index contributed by atoms with van der Waals surface area (Å²) in [4.78, 5) is 4.73. The van der Waals surface area contributed by atoms with Gasteiger partial charge in [-0.05, 0) is 61.6 Å². The molecule has 0 aromatic heterocycles. The molecule has 0 radical (unpaired) electrons. The Bertz CT molecular complexity index is 575. The summed E-state index contributed by atoms with van der Waals surface area (Å²) in [5, 5.41) is 9.36. The number of aryl methyl sites for hydroxylation is 2. The van der Waals surface area contributed by atoms with Crippen molar-refractivity contribution >= 4 is 0 Å². The fraction of sp³-hybridized carbons (Fsp3) is 0.700. The van der Waals surface area contributed by atoms with Crippen LogP contribution >= 0.6 is 0 Å². The van der Waals surface area contributed by atoms with E-state index < -0.39 is 23.8 Å². The predicted octanol–water partition coefficient (Wildman–Crippen LogP) is 6.17. The zero-order valence-electron chi connectivity index (χ0n) is 13.6. The van der Waals surface area contributed by atoms with E-state index in [1.807, 2.05) is 0 Å². The normalized spacial score (nSPS) is 26.5. The van der Waals surface area contributed by atoms with Gasteiger partial charge in [-0.2, -0.15) is 4.39 Å². The lowest BCUT2D eigenvalue weighted by atomic mass is 9.78. The molecule has 2 unspecified atom stereocenters. The molecule has 0 bridgehead atoms. The van der Waals surface area contributed by atoms with E-state index in [0.717, 1.165) is 25.7 Å². The summed E-state index contributed by atoms with van der Waals surface area (Å²) in [5.74, 6) is -0.930. The topological polar surface area (TPSA) is 38.7 Å². The lowest BCUT2D eigenvalue weighted by molar-refractivity contribution is -0.309. The van der Waals surface area contributed by atoms with Crippen molar-refractivity contribution in [2.45, 2.75) is 79.4 Å². The van der Waals surface area contributed by atoms with Crippen LogP contribution in [0.1, 0.15) is 66.4 Å². The summed E-state index contributed by atoms with van der Waals surface area (Å²) in [7, 11) is 0. The van der Waals surface area contributed by atoms with Crippen LogP contribution in [0.25, 0.3) is 0 Å². The predicted molar refractivity (Wildman–Crippen MR) is 98.0 cm³/mol. The largest absolute Gasteiger partial charge is 0.484 e. The van der Waals surface area contributed by atoms with E-state index in [4.69, 9.17) is 9.62 Å². The van der Waals surface area contributed by atoms with E-state index in [2.05, 4.69) is 6.92 Å². The molecule has 1 heterocycles. The Balaban J connectivity index is 0.00000208. The summed E-state index contributed by atoms with van der Waals surface area (Å²) in [6.07, 6.45) is 4.41. The first-order valence-corrected chi connectivity index (χ1v) is 8.45. The summed E-state index contributed by atoms with van der Waals surface area (Å²) in [6.45, 7) is 3.77. The van der Waals surface area contributed by atoms with Crippen molar-refractivity contribution in [1.29, 1.82) is 0 Å². The molecule has 5 heteroatoms. The van der Waals surface area contributed by atoms with Gasteiger partial charge in [0.05, 0.1) is 0 Å². The Morgan fingerprint density at radius 2 is 1.80 bits per heavy atom. The van der Waals surface area contributed by atoms with Gasteiger partial charge in [-0.25, -0.2) is 9.28 Å². The SMILES string of the molecule is C.C.Cc1cc2c(c(F)c1F)OC(C(OO)C1CCC(C)CC1)CC2.[HH]. The van der Waals surface area contributed by atoms with Gasteiger partial charge in [0.1, 0.15) is 12.2 Å². The van der Waals surface area contributed by atoms with Crippen LogP contribution in [0.5, 0.6) is 5.75 Å². The maximum Gasteiger partial charge on any atom is 0.201 e. The van der Waals surface area contributed by atoms with Gasteiger partial charge in [0.25, 0.3) is 0 Å². The van der Waals surface area contributed by atoms with Crippen LogP contribution in [0.4, 0.5) is 8.78 Å². The molecule has 25 heavy (non-hydrogen) atoms. The molecule has 0 saturated heterocycles. The third kappa shape index (κ3) is 4.32. The Morgan fingerprint density at radius 1 is 1.16 bits per heavy atom. The molecule has 3 nitrogen and oxygen atoms in total. The maximum atomic E-state index is 14.2. The van der Waals surface area contributed by atoms with Gasteiger partial charge in [0, 0.05) is 1.43 Å². The van der Waals surface area contributed by atoms with Crippen molar-refractivity contribution < 1.29 is 25.1 Å². The second-order valence-electron chi connectivity index (χ2n) is 7.09. The van der Waals surface area contributed by atoms with E-state index >= 15 is 0 Å². The first-order valence-electron chi connectivity index (χ1n) is 8.45. The lowest BCUT2D eigenvalue weighted by Gasteiger charge is -2.37. The minimum Gasteiger partial charge on any atom is -0.484 e. The van der Waals surface area contributed by atoms with Crippen LogP contribution in [0, 0.1) is 30.4 Å². The number of fused-ring (bicyclic) bond motifs is 1. The number of hydrogen-bond donors (Lipinski definition) is 1. The van der Waals surface area contributed by atoms with Crippen molar-refractivity contribution in [3.05, 3.63) is 28.8 Å². The lowest BCUT2D eigenvalue weighted by Crippen LogP contribution is -2.42. The Hall–Kier alpha value is -1.20. The van der Waals surface area contributed by atoms with Crippen LogP contribution in [-0.4, -0.2) is 17.5 Å². The average molecular weight is 360 g/mol. The van der Waals surface area contributed by atoms with E-state index in [0.29, 0.717) is 29.9 Å². The summed E-state index contributed by atoms with van der Waals surface area (Å²) >= 11 is 0. The zero-order chi connectivity index (χ0) is 16.6. The highest BCUT2D eigenvalue weighted by atomic mass is 19.2. The second kappa shape index (κ2) is 8.95. The maximum absolute atomic E-state index is 14.2. The fourth-order valence-corrected chi connectivity index (χ4v) is 3.93. The standard InChI is InChI=1S/C18H24F2O3.2CH4.H2/c1-10-3-5-12(6-4-10)17(23-21)14-8-7-13-9-11(2)15(19)16(20)18(13)22-14;;;/h9-10,12,14,17,21H,3-8H2,1-2H3;2*1H4;1H. The highest BCUT2D eigenvalue weighted by molar-refractivity contribution is 5.41. The van der Waals surface area contributed by atoms with Crippen LogP contribution < -0.4 is 4.74 Å². The average Bonchev–Trinajstić information content (AvgIpc) is 2.56. The number of hydrogen-bond acceptors (Lipinski definition) is 3.